The van der Waals surface area contributed by atoms with Crippen LogP contribution in [-0.4, -0.2) is 23.4 Å². The molecule has 0 fully saturated rings. The second-order valence-electron chi connectivity index (χ2n) is 3.96. The molecule has 0 aliphatic heterocycles. The van der Waals surface area contributed by atoms with E-state index < -0.39 is 16.1 Å². The highest BCUT2D eigenvalue weighted by molar-refractivity contribution is 9.10. The Morgan fingerprint density at radius 3 is 2.80 bits per heavy atom. The number of sulfonamides is 1. The van der Waals surface area contributed by atoms with Crippen molar-refractivity contribution in [3.05, 3.63) is 35.0 Å². The number of halogens is 1. The van der Waals surface area contributed by atoms with E-state index in [0.717, 1.165) is 0 Å². The molecule has 8 nitrogen and oxygen atoms in total. The van der Waals surface area contributed by atoms with Crippen molar-refractivity contribution in [1.82, 2.24) is 19.7 Å². The van der Waals surface area contributed by atoms with Crippen molar-refractivity contribution < 1.29 is 8.42 Å². The normalized spacial score (nSPS) is 13.2. The highest BCUT2D eigenvalue weighted by Crippen LogP contribution is 2.23. The lowest BCUT2D eigenvalue weighted by atomic mass is 10.3. The summed E-state index contributed by atoms with van der Waals surface area (Å²) in [6.07, 6.45) is 4.62. The van der Waals surface area contributed by atoms with Crippen LogP contribution in [0.15, 0.2) is 34.0 Å². The lowest BCUT2D eigenvalue weighted by Gasteiger charge is -2.14. The maximum absolute atomic E-state index is 12.4. The number of rotatable bonds is 5. The topological polar surface area (TPSA) is 126 Å². The first-order valence-electron chi connectivity index (χ1n) is 5.58. The van der Waals surface area contributed by atoms with Crippen LogP contribution in [0.25, 0.3) is 0 Å². The first kappa shape index (κ1) is 14.9. The summed E-state index contributed by atoms with van der Waals surface area (Å²) in [5.41, 5.74) is 2.26. The molecule has 0 spiro atoms. The molecule has 0 bridgehead atoms. The van der Waals surface area contributed by atoms with E-state index in [1.54, 1.807) is 19.3 Å². The Kier molecular flexibility index (Phi) is 4.38. The van der Waals surface area contributed by atoms with Gasteiger partial charge in [-0.15, -0.1) is 0 Å². The van der Waals surface area contributed by atoms with Crippen LogP contribution in [0.2, 0.25) is 0 Å². The Morgan fingerprint density at radius 2 is 2.20 bits per heavy atom. The van der Waals surface area contributed by atoms with Crippen LogP contribution in [0.5, 0.6) is 0 Å². The summed E-state index contributed by atoms with van der Waals surface area (Å²) in [6.45, 7) is 1.68. The predicted octanol–water partition coefficient (Wildman–Crippen LogP) is 0.892. The number of nitrogens with zero attached hydrogens (tertiary/aromatic N) is 2. The minimum absolute atomic E-state index is 0.0484. The number of aromatic nitrogens is 3. The molecule has 20 heavy (non-hydrogen) atoms. The van der Waals surface area contributed by atoms with Crippen molar-refractivity contribution in [2.75, 3.05) is 5.43 Å². The number of hydrogen-bond donors (Lipinski definition) is 4. The van der Waals surface area contributed by atoms with Crippen molar-refractivity contribution in [2.24, 2.45) is 5.84 Å². The van der Waals surface area contributed by atoms with Gasteiger partial charge in [-0.2, -0.15) is 0 Å². The Hall–Kier alpha value is -1.49. The monoisotopic (exact) mass is 360 g/mol. The fourth-order valence-electron chi connectivity index (χ4n) is 1.60. The Labute approximate surface area is 124 Å². The van der Waals surface area contributed by atoms with Crippen LogP contribution in [0.1, 0.15) is 18.8 Å². The molecular weight excluding hydrogens is 348 g/mol. The van der Waals surface area contributed by atoms with Gasteiger partial charge in [0.15, 0.2) is 5.82 Å². The number of pyridine rings is 1. The number of nitrogen functional groups attached to an aromatic ring is 1. The van der Waals surface area contributed by atoms with E-state index in [2.05, 4.69) is 41.0 Å². The molecular formula is C10H13BrN6O2S. The molecule has 0 saturated heterocycles. The predicted molar refractivity (Wildman–Crippen MR) is 77.1 cm³/mol. The Balaban J connectivity index is 2.33. The number of hydrogen-bond acceptors (Lipinski definition) is 6. The maximum atomic E-state index is 12.4. The number of anilines is 1. The molecule has 108 valence electrons. The fourth-order valence-corrected chi connectivity index (χ4v) is 3.44. The molecule has 10 heteroatoms. The van der Waals surface area contributed by atoms with Gasteiger partial charge in [-0.05, 0) is 28.9 Å². The summed E-state index contributed by atoms with van der Waals surface area (Å²) in [6, 6.07) is 0.902. The standard InChI is InChI=1S/C10H13BrN6O2S/c1-6(9-13-2-3-14-9)17-20(18,19)8-4-7(11)5-15-10(8)16-12/h2-6,17H,12H2,1H3,(H,13,14)(H,15,16). The molecule has 2 rings (SSSR count). The van der Waals surface area contributed by atoms with Crippen LogP contribution >= 0.6 is 15.9 Å². The minimum atomic E-state index is -3.80. The van der Waals surface area contributed by atoms with Crippen molar-refractivity contribution in [1.29, 1.82) is 0 Å². The second kappa shape index (κ2) is 5.87. The molecule has 1 unspecified atom stereocenters. The van der Waals surface area contributed by atoms with Gasteiger partial charge in [-0.3, -0.25) is 0 Å². The van der Waals surface area contributed by atoms with E-state index in [9.17, 15) is 8.42 Å². The summed E-state index contributed by atoms with van der Waals surface area (Å²) in [5, 5.41) is 0. The number of H-pyrrole nitrogens is 1. The van der Waals surface area contributed by atoms with Crippen LogP contribution < -0.4 is 16.0 Å². The van der Waals surface area contributed by atoms with Gasteiger partial charge in [0.2, 0.25) is 10.0 Å². The number of aromatic amines is 1. The zero-order valence-electron chi connectivity index (χ0n) is 10.5. The number of imidazole rings is 1. The Bertz CT molecular complexity index is 688. The smallest absolute Gasteiger partial charge is 0.244 e. The van der Waals surface area contributed by atoms with Crippen LogP contribution in [-0.2, 0) is 10.0 Å². The van der Waals surface area contributed by atoms with Crippen LogP contribution in [0.4, 0.5) is 5.82 Å². The molecule has 0 radical (unpaired) electrons. The largest absolute Gasteiger partial charge is 0.347 e. The van der Waals surface area contributed by atoms with Crippen molar-refractivity contribution in [3.8, 4) is 0 Å². The second-order valence-corrected chi connectivity index (χ2v) is 6.56. The summed E-state index contributed by atoms with van der Waals surface area (Å²) in [7, 11) is -3.80. The van der Waals surface area contributed by atoms with Gasteiger partial charge >= 0.3 is 0 Å². The highest BCUT2D eigenvalue weighted by Gasteiger charge is 2.23. The molecule has 1 atom stereocenters. The summed E-state index contributed by atoms with van der Waals surface area (Å²) >= 11 is 3.18. The summed E-state index contributed by atoms with van der Waals surface area (Å²) < 4.78 is 27.8. The quantitative estimate of drug-likeness (QED) is 0.463. The van der Waals surface area contributed by atoms with Gasteiger partial charge in [0.05, 0.1) is 6.04 Å². The summed E-state index contributed by atoms with van der Waals surface area (Å²) in [5.74, 6) is 5.86. The molecule has 5 N–H and O–H groups in total. The van der Waals surface area contributed by atoms with E-state index in [1.807, 2.05) is 0 Å². The molecule has 2 aromatic rings. The number of nitrogens with one attached hydrogen (secondary N) is 3. The number of nitrogens with two attached hydrogens (primary N) is 1. The van der Waals surface area contributed by atoms with Gasteiger partial charge in [0, 0.05) is 23.1 Å². The van der Waals surface area contributed by atoms with E-state index in [-0.39, 0.29) is 10.7 Å². The van der Waals surface area contributed by atoms with E-state index in [1.165, 1.54) is 12.3 Å². The van der Waals surface area contributed by atoms with Crippen LogP contribution in [0, 0.1) is 0 Å². The SMILES string of the molecule is CC(NS(=O)(=O)c1cc(Br)cnc1NN)c1ncc[nH]1. The minimum Gasteiger partial charge on any atom is -0.347 e. The lowest BCUT2D eigenvalue weighted by Crippen LogP contribution is -2.29. The van der Waals surface area contributed by atoms with E-state index in [4.69, 9.17) is 5.84 Å². The third-order valence-electron chi connectivity index (χ3n) is 2.51. The van der Waals surface area contributed by atoms with Gasteiger partial charge in [-0.1, -0.05) is 0 Å². The first-order chi connectivity index (χ1) is 9.44. The van der Waals surface area contributed by atoms with Crippen molar-refractivity contribution in [3.63, 3.8) is 0 Å². The fraction of sp³-hybridized carbons (Fsp3) is 0.200. The Morgan fingerprint density at radius 1 is 1.45 bits per heavy atom. The molecule has 2 aromatic heterocycles. The van der Waals surface area contributed by atoms with Gasteiger partial charge < -0.3 is 10.4 Å². The molecule has 0 aliphatic rings. The van der Waals surface area contributed by atoms with E-state index >= 15 is 0 Å². The third kappa shape index (κ3) is 3.15. The van der Waals surface area contributed by atoms with Crippen LogP contribution in [0.3, 0.4) is 0 Å². The molecule has 0 aromatic carbocycles. The molecule has 2 heterocycles. The van der Waals surface area contributed by atoms with Gasteiger partial charge in [-0.25, -0.2) is 29.0 Å². The number of hydrazine groups is 1. The maximum Gasteiger partial charge on any atom is 0.244 e. The van der Waals surface area contributed by atoms with Gasteiger partial charge in [0.1, 0.15) is 10.7 Å². The molecule has 0 aliphatic carbocycles. The van der Waals surface area contributed by atoms with E-state index in [0.29, 0.717) is 10.3 Å². The zero-order chi connectivity index (χ0) is 14.8. The lowest BCUT2D eigenvalue weighted by molar-refractivity contribution is 0.561. The van der Waals surface area contributed by atoms with Gasteiger partial charge in [0.25, 0.3) is 0 Å². The average molecular weight is 361 g/mol. The highest BCUT2D eigenvalue weighted by atomic mass is 79.9. The first-order valence-corrected chi connectivity index (χ1v) is 7.85. The van der Waals surface area contributed by atoms with Crippen molar-refractivity contribution in [2.45, 2.75) is 17.9 Å². The molecule has 0 saturated carbocycles. The molecule has 0 amide bonds. The van der Waals surface area contributed by atoms with Crippen molar-refractivity contribution >= 4 is 31.8 Å². The zero-order valence-corrected chi connectivity index (χ0v) is 12.9. The average Bonchev–Trinajstić information content (AvgIpc) is 2.92. The third-order valence-corrected chi connectivity index (χ3v) is 4.49. The summed E-state index contributed by atoms with van der Waals surface area (Å²) in [4.78, 5) is 10.7.